The summed E-state index contributed by atoms with van der Waals surface area (Å²) in [5.74, 6) is 0. The zero-order valence-electron chi connectivity index (χ0n) is 10.9. The molecule has 1 saturated carbocycles. The average Bonchev–Trinajstić information content (AvgIpc) is 2.86. The number of rotatable bonds is 3. The first kappa shape index (κ1) is 12.2. The molecule has 0 radical (unpaired) electrons. The van der Waals surface area contributed by atoms with Crippen LogP contribution >= 0.6 is 0 Å². The van der Waals surface area contributed by atoms with E-state index >= 15 is 0 Å². The summed E-state index contributed by atoms with van der Waals surface area (Å²) < 4.78 is 11.2. The maximum atomic E-state index is 5.68. The van der Waals surface area contributed by atoms with Gasteiger partial charge in [-0.05, 0) is 30.4 Å². The lowest BCUT2D eigenvalue weighted by atomic mass is 9.98. The Morgan fingerprint density at radius 2 is 2.17 bits per heavy atom. The molecule has 2 aliphatic rings. The Bertz CT molecular complexity index is 407. The molecular weight excluding hydrogens is 226 g/mol. The second kappa shape index (κ2) is 5.39. The van der Waals surface area contributed by atoms with E-state index in [2.05, 4.69) is 29.6 Å². The molecule has 3 unspecified atom stereocenters. The summed E-state index contributed by atoms with van der Waals surface area (Å²) >= 11 is 0. The average molecular weight is 247 g/mol. The zero-order chi connectivity index (χ0) is 12.4. The highest BCUT2D eigenvalue weighted by molar-refractivity contribution is 5.31. The third-order valence-corrected chi connectivity index (χ3v) is 4.14. The molecule has 1 aromatic rings. The van der Waals surface area contributed by atoms with E-state index in [1.807, 2.05) is 7.11 Å². The van der Waals surface area contributed by atoms with Crippen LogP contribution in [-0.2, 0) is 16.1 Å². The lowest BCUT2D eigenvalue weighted by molar-refractivity contribution is 0.0526. The topological polar surface area (TPSA) is 30.5 Å². The highest BCUT2D eigenvalue weighted by Crippen LogP contribution is 2.28. The van der Waals surface area contributed by atoms with E-state index in [0.717, 1.165) is 13.2 Å². The molecule has 0 amide bonds. The van der Waals surface area contributed by atoms with E-state index in [9.17, 15) is 0 Å². The van der Waals surface area contributed by atoms with E-state index in [0.29, 0.717) is 18.2 Å². The van der Waals surface area contributed by atoms with Crippen molar-refractivity contribution in [2.75, 3.05) is 13.7 Å². The van der Waals surface area contributed by atoms with Gasteiger partial charge in [0, 0.05) is 13.2 Å². The summed E-state index contributed by atoms with van der Waals surface area (Å²) in [4.78, 5) is 0. The van der Waals surface area contributed by atoms with Crippen LogP contribution in [0.1, 0.15) is 36.4 Å². The van der Waals surface area contributed by atoms with E-state index in [4.69, 9.17) is 9.47 Å². The molecule has 98 valence electrons. The van der Waals surface area contributed by atoms with Crippen molar-refractivity contribution >= 4 is 0 Å². The second-order valence-electron chi connectivity index (χ2n) is 5.24. The summed E-state index contributed by atoms with van der Waals surface area (Å²) in [6.07, 6.45) is 3.99. The van der Waals surface area contributed by atoms with Crippen molar-refractivity contribution in [3.8, 4) is 0 Å². The summed E-state index contributed by atoms with van der Waals surface area (Å²) in [7, 11) is 1.82. The minimum absolute atomic E-state index is 0.315. The van der Waals surface area contributed by atoms with Gasteiger partial charge in [-0.2, -0.15) is 0 Å². The van der Waals surface area contributed by atoms with Gasteiger partial charge in [0.05, 0.1) is 25.4 Å². The predicted octanol–water partition coefficient (Wildman–Crippen LogP) is 2.42. The largest absolute Gasteiger partial charge is 0.380 e. The number of ether oxygens (including phenoxy) is 2. The van der Waals surface area contributed by atoms with Crippen LogP contribution in [0.15, 0.2) is 24.3 Å². The minimum atomic E-state index is 0.315. The minimum Gasteiger partial charge on any atom is -0.380 e. The summed E-state index contributed by atoms with van der Waals surface area (Å²) in [5, 5.41) is 3.72. The fourth-order valence-corrected chi connectivity index (χ4v) is 3.18. The molecule has 1 aliphatic heterocycles. The van der Waals surface area contributed by atoms with Gasteiger partial charge < -0.3 is 14.8 Å². The van der Waals surface area contributed by atoms with Gasteiger partial charge in [0.15, 0.2) is 0 Å². The van der Waals surface area contributed by atoms with Crippen molar-refractivity contribution in [1.29, 1.82) is 0 Å². The Kier molecular flexibility index (Phi) is 3.64. The zero-order valence-corrected chi connectivity index (χ0v) is 10.9. The van der Waals surface area contributed by atoms with Crippen molar-refractivity contribution in [3.63, 3.8) is 0 Å². The van der Waals surface area contributed by atoms with Crippen molar-refractivity contribution < 1.29 is 9.47 Å². The maximum absolute atomic E-state index is 5.68. The molecule has 1 fully saturated rings. The Morgan fingerprint density at radius 1 is 1.28 bits per heavy atom. The first-order valence-corrected chi connectivity index (χ1v) is 6.83. The molecule has 0 aromatic heterocycles. The van der Waals surface area contributed by atoms with Gasteiger partial charge in [0.2, 0.25) is 0 Å². The predicted molar refractivity (Wildman–Crippen MR) is 70.4 cm³/mol. The Morgan fingerprint density at radius 3 is 3.06 bits per heavy atom. The second-order valence-corrected chi connectivity index (χ2v) is 5.24. The van der Waals surface area contributed by atoms with Gasteiger partial charge in [-0.15, -0.1) is 0 Å². The fourth-order valence-electron chi connectivity index (χ4n) is 3.18. The summed E-state index contributed by atoms with van der Waals surface area (Å²) in [6.45, 7) is 1.51. The normalized spacial score (nSPS) is 31.3. The molecule has 3 atom stereocenters. The molecular formula is C15H21NO2. The quantitative estimate of drug-likeness (QED) is 0.889. The monoisotopic (exact) mass is 247 g/mol. The standard InChI is InChI=1S/C15H21NO2/c1-17-15-8-4-7-13(15)16-14-10-18-9-11-5-2-3-6-12(11)14/h2-3,5-6,13-16H,4,7-10H2,1H3. The molecule has 0 saturated heterocycles. The molecule has 1 aromatic carbocycles. The van der Waals surface area contributed by atoms with Crippen LogP contribution in [0, 0.1) is 0 Å². The Balaban J connectivity index is 1.74. The van der Waals surface area contributed by atoms with Gasteiger partial charge in [0.25, 0.3) is 0 Å². The molecule has 1 N–H and O–H groups in total. The van der Waals surface area contributed by atoms with Crippen molar-refractivity contribution in [3.05, 3.63) is 35.4 Å². The molecule has 0 spiro atoms. The fraction of sp³-hybridized carbons (Fsp3) is 0.600. The molecule has 18 heavy (non-hydrogen) atoms. The van der Waals surface area contributed by atoms with Gasteiger partial charge in [0.1, 0.15) is 0 Å². The number of hydrogen-bond donors (Lipinski definition) is 1. The third kappa shape index (κ3) is 2.30. The van der Waals surface area contributed by atoms with Gasteiger partial charge in [-0.25, -0.2) is 0 Å². The van der Waals surface area contributed by atoms with Crippen LogP contribution in [0.25, 0.3) is 0 Å². The number of fused-ring (bicyclic) bond motifs is 1. The first-order valence-electron chi connectivity index (χ1n) is 6.83. The number of methoxy groups -OCH3 is 1. The van der Waals surface area contributed by atoms with Crippen molar-refractivity contribution in [2.45, 2.75) is 44.1 Å². The maximum Gasteiger partial charge on any atom is 0.0724 e. The van der Waals surface area contributed by atoms with Crippen LogP contribution in [0.5, 0.6) is 0 Å². The van der Waals surface area contributed by atoms with Gasteiger partial charge in [-0.1, -0.05) is 24.3 Å². The van der Waals surface area contributed by atoms with E-state index < -0.39 is 0 Å². The van der Waals surface area contributed by atoms with Gasteiger partial charge >= 0.3 is 0 Å². The molecule has 3 rings (SSSR count). The number of nitrogens with one attached hydrogen (secondary N) is 1. The van der Waals surface area contributed by atoms with E-state index in [1.54, 1.807) is 0 Å². The van der Waals surface area contributed by atoms with E-state index in [1.165, 1.54) is 30.4 Å². The Hall–Kier alpha value is -0.900. The molecule has 0 bridgehead atoms. The molecule has 1 aliphatic carbocycles. The SMILES string of the molecule is COC1CCCC1NC1COCc2ccccc21. The highest BCUT2D eigenvalue weighted by Gasteiger charge is 2.31. The first-order chi connectivity index (χ1) is 8.88. The van der Waals surface area contributed by atoms with E-state index in [-0.39, 0.29) is 0 Å². The molecule has 3 heteroatoms. The van der Waals surface area contributed by atoms with Gasteiger partial charge in [-0.3, -0.25) is 0 Å². The lowest BCUT2D eigenvalue weighted by Gasteiger charge is -2.31. The van der Waals surface area contributed by atoms with Crippen LogP contribution in [0.3, 0.4) is 0 Å². The van der Waals surface area contributed by atoms with Crippen LogP contribution in [0.4, 0.5) is 0 Å². The van der Waals surface area contributed by atoms with Crippen molar-refractivity contribution in [1.82, 2.24) is 5.32 Å². The molecule has 1 heterocycles. The smallest absolute Gasteiger partial charge is 0.0724 e. The number of hydrogen-bond acceptors (Lipinski definition) is 3. The van der Waals surface area contributed by atoms with Crippen LogP contribution in [0.2, 0.25) is 0 Å². The van der Waals surface area contributed by atoms with Crippen LogP contribution in [-0.4, -0.2) is 25.9 Å². The van der Waals surface area contributed by atoms with Crippen LogP contribution < -0.4 is 5.32 Å². The summed E-state index contributed by atoms with van der Waals surface area (Å²) in [6, 6.07) is 9.35. The number of benzene rings is 1. The Labute approximate surface area is 108 Å². The lowest BCUT2D eigenvalue weighted by Crippen LogP contribution is -2.42. The highest BCUT2D eigenvalue weighted by atomic mass is 16.5. The van der Waals surface area contributed by atoms with Crippen molar-refractivity contribution in [2.24, 2.45) is 0 Å². The summed E-state index contributed by atoms with van der Waals surface area (Å²) in [5.41, 5.74) is 2.71. The molecule has 3 nitrogen and oxygen atoms in total. The third-order valence-electron chi connectivity index (χ3n) is 4.14.